The van der Waals surface area contributed by atoms with Crippen molar-refractivity contribution in [2.45, 2.75) is 77.4 Å². The molecule has 0 radical (unpaired) electrons. The standard InChI is InChI=1S/C19H35N7O5/c1-13(24-28)17(3,4)22-11-15(12-23-18(5,6)14(2)25-29)9-16(27)10-19(26(30)31)20-7-8-21-19/h7-8,15-16,22-23,27-29H,9-12H2,1-6H3. The number of nitro groups is 1. The molecule has 0 aromatic carbocycles. The predicted molar refractivity (Wildman–Crippen MR) is 119 cm³/mol. The van der Waals surface area contributed by atoms with Crippen LogP contribution in [0.2, 0.25) is 0 Å². The van der Waals surface area contributed by atoms with Crippen molar-refractivity contribution in [2.75, 3.05) is 13.1 Å². The van der Waals surface area contributed by atoms with Gasteiger partial charge in [-0.1, -0.05) is 10.3 Å². The summed E-state index contributed by atoms with van der Waals surface area (Å²) in [5.74, 6) is -2.05. The number of hydrogen-bond acceptors (Lipinski definition) is 11. The molecule has 176 valence electrons. The highest BCUT2D eigenvalue weighted by Crippen LogP contribution is 2.26. The fraction of sp³-hybridized carbons (Fsp3) is 0.789. The quantitative estimate of drug-likeness (QED) is 0.124. The molecule has 1 aliphatic rings. The van der Waals surface area contributed by atoms with E-state index in [9.17, 15) is 15.2 Å². The Labute approximate surface area is 182 Å². The zero-order valence-electron chi connectivity index (χ0n) is 19.0. The highest BCUT2D eigenvalue weighted by Gasteiger charge is 2.45. The van der Waals surface area contributed by atoms with E-state index in [1.54, 1.807) is 13.8 Å². The first-order valence-corrected chi connectivity index (χ1v) is 10.1. The molecule has 5 N–H and O–H groups in total. The van der Waals surface area contributed by atoms with Crippen molar-refractivity contribution in [1.29, 1.82) is 0 Å². The van der Waals surface area contributed by atoms with E-state index in [-0.39, 0.29) is 18.8 Å². The number of rotatable bonds is 13. The highest BCUT2D eigenvalue weighted by atomic mass is 16.6. The monoisotopic (exact) mass is 441 g/mol. The highest BCUT2D eigenvalue weighted by molar-refractivity contribution is 6.17. The smallest absolute Gasteiger partial charge is 0.411 e. The lowest BCUT2D eigenvalue weighted by Gasteiger charge is -2.32. The molecule has 0 fully saturated rings. The maximum Gasteiger partial charge on any atom is 0.414 e. The summed E-state index contributed by atoms with van der Waals surface area (Å²) in [6.45, 7) is 11.7. The second kappa shape index (κ2) is 10.7. The Hall–Kier alpha value is -2.44. The SMILES string of the molecule is CC(=NO)C(C)(C)NCC(CNC(C)(C)C(C)=NO)CC(O)CC1([N+](=O)[O-])N=CC=N1. The number of nitrogens with one attached hydrogen (secondary N) is 2. The van der Waals surface area contributed by atoms with E-state index in [1.807, 2.05) is 27.7 Å². The van der Waals surface area contributed by atoms with Crippen LogP contribution < -0.4 is 10.6 Å². The molecule has 12 nitrogen and oxygen atoms in total. The van der Waals surface area contributed by atoms with E-state index >= 15 is 0 Å². The van der Waals surface area contributed by atoms with Crippen molar-refractivity contribution < 1.29 is 20.4 Å². The molecular weight excluding hydrogens is 406 g/mol. The molecule has 12 heteroatoms. The first-order chi connectivity index (χ1) is 14.3. The maximum atomic E-state index is 11.4. The lowest BCUT2D eigenvalue weighted by Crippen LogP contribution is -2.52. The van der Waals surface area contributed by atoms with Crippen LogP contribution in [0.1, 0.15) is 54.4 Å². The zero-order valence-corrected chi connectivity index (χ0v) is 19.0. The first kappa shape index (κ1) is 26.6. The lowest BCUT2D eigenvalue weighted by molar-refractivity contribution is -0.568. The number of hydrogen-bond donors (Lipinski definition) is 5. The van der Waals surface area contributed by atoms with Crippen molar-refractivity contribution in [3.05, 3.63) is 10.1 Å². The van der Waals surface area contributed by atoms with Gasteiger partial charge in [-0.05, 0) is 53.9 Å². The van der Waals surface area contributed by atoms with Gasteiger partial charge in [-0.3, -0.25) is 10.1 Å². The van der Waals surface area contributed by atoms with E-state index in [0.29, 0.717) is 24.5 Å². The molecule has 0 bridgehead atoms. The summed E-state index contributed by atoms with van der Waals surface area (Å²) >= 11 is 0. The summed E-state index contributed by atoms with van der Waals surface area (Å²) in [6.07, 6.45) is 1.48. The van der Waals surface area contributed by atoms with Crippen LogP contribution in [-0.4, -0.2) is 80.4 Å². The third-order valence-corrected chi connectivity index (χ3v) is 5.81. The molecule has 0 aliphatic carbocycles. The van der Waals surface area contributed by atoms with Crippen LogP contribution in [0.25, 0.3) is 0 Å². The second-order valence-electron chi connectivity index (χ2n) is 8.93. The summed E-state index contributed by atoms with van der Waals surface area (Å²) in [5, 5.41) is 53.4. The minimum atomic E-state index is -1.89. The van der Waals surface area contributed by atoms with Gasteiger partial charge >= 0.3 is 5.79 Å². The molecule has 0 amide bonds. The maximum absolute atomic E-state index is 11.4. The number of aliphatic imine (C=N–C) groups is 2. The Morgan fingerprint density at radius 3 is 1.84 bits per heavy atom. The molecule has 0 spiro atoms. The molecule has 0 aromatic rings. The Kier molecular flexibility index (Phi) is 9.21. The molecule has 31 heavy (non-hydrogen) atoms. The number of oxime groups is 2. The molecule has 1 heterocycles. The van der Waals surface area contributed by atoms with Crippen LogP contribution in [0.15, 0.2) is 20.3 Å². The van der Waals surface area contributed by atoms with Crippen molar-refractivity contribution >= 4 is 23.9 Å². The van der Waals surface area contributed by atoms with Crippen LogP contribution in [0.5, 0.6) is 0 Å². The third-order valence-electron chi connectivity index (χ3n) is 5.81. The van der Waals surface area contributed by atoms with E-state index in [0.717, 1.165) is 0 Å². The molecule has 1 atom stereocenters. The van der Waals surface area contributed by atoms with Crippen LogP contribution in [0, 0.1) is 16.0 Å². The average molecular weight is 442 g/mol. The Morgan fingerprint density at radius 1 is 1.06 bits per heavy atom. The Bertz CT molecular complexity index is 700. The summed E-state index contributed by atoms with van der Waals surface area (Å²) < 4.78 is 0. The largest absolute Gasteiger partial charge is 0.414 e. The molecule has 1 aliphatic heterocycles. The van der Waals surface area contributed by atoms with Gasteiger partial charge in [-0.15, -0.1) is 0 Å². The zero-order chi connectivity index (χ0) is 23.9. The van der Waals surface area contributed by atoms with Crippen LogP contribution in [0.3, 0.4) is 0 Å². The topological polar surface area (TPSA) is 177 Å². The fourth-order valence-electron chi connectivity index (χ4n) is 2.94. The first-order valence-electron chi connectivity index (χ1n) is 10.1. The van der Waals surface area contributed by atoms with Gasteiger partial charge in [0.2, 0.25) is 0 Å². The second-order valence-corrected chi connectivity index (χ2v) is 8.93. The van der Waals surface area contributed by atoms with Crippen LogP contribution in [0.4, 0.5) is 0 Å². The van der Waals surface area contributed by atoms with Gasteiger partial charge in [-0.25, -0.2) is 0 Å². The predicted octanol–water partition coefficient (Wildman–Crippen LogP) is 1.27. The number of nitrogens with zero attached hydrogens (tertiary/aromatic N) is 5. The molecular formula is C19H35N7O5. The molecule has 1 unspecified atom stereocenters. The molecule has 0 saturated heterocycles. The van der Waals surface area contributed by atoms with E-state index in [4.69, 9.17) is 10.4 Å². The Balaban J connectivity index is 2.92. The van der Waals surface area contributed by atoms with Crippen LogP contribution >= 0.6 is 0 Å². The van der Waals surface area contributed by atoms with Gasteiger partial charge in [0.25, 0.3) is 0 Å². The van der Waals surface area contributed by atoms with Gasteiger partial charge in [0.1, 0.15) is 0 Å². The van der Waals surface area contributed by atoms with Gasteiger partial charge in [0, 0.05) is 25.5 Å². The Morgan fingerprint density at radius 2 is 1.48 bits per heavy atom. The molecule has 1 rings (SSSR count). The summed E-state index contributed by atoms with van der Waals surface area (Å²) in [5.41, 5.74) is -0.216. The van der Waals surface area contributed by atoms with Gasteiger partial charge in [0.15, 0.2) is 0 Å². The minimum Gasteiger partial charge on any atom is -0.411 e. The molecule has 0 aromatic heterocycles. The van der Waals surface area contributed by atoms with Crippen LogP contribution in [-0.2, 0) is 0 Å². The van der Waals surface area contributed by atoms with Crippen molar-refractivity contribution in [1.82, 2.24) is 10.6 Å². The van der Waals surface area contributed by atoms with Crippen molar-refractivity contribution in [3.8, 4) is 0 Å². The van der Waals surface area contributed by atoms with E-state index < -0.39 is 27.9 Å². The van der Waals surface area contributed by atoms with E-state index in [1.165, 1.54) is 12.4 Å². The van der Waals surface area contributed by atoms with E-state index in [2.05, 4.69) is 30.9 Å². The van der Waals surface area contributed by atoms with Gasteiger partial charge in [-0.2, -0.15) is 9.98 Å². The van der Waals surface area contributed by atoms with Crippen molar-refractivity contribution in [3.63, 3.8) is 0 Å². The summed E-state index contributed by atoms with van der Waals surface area (Å²) in [7, 11) is 0. The summed E-state index contributed by atoms with van der Waals surface area (Å²) in [6, 6.07) is 0. The van der Waals surface area contributed by atoms with Crippen molar-refractivity contribution in [2.24, 2.45) is 26.2 Å². The normalized spacial score (nSPS) is 18.9. The van der Waals surface area contributed by atoms with Gasteiger partial charge < -0.3 is 26.2 Å². The fourth-order valence-corrected chi connectivity index (χ4v) is 2.94. The minimum absolute atomic E-state index is 0.162. The number of aliphatic hydroxyl groups excluding tert-OH is 1. The summed E-state index contributed by atoms with van der Waals surface area (Å²) in [4.78, 5) is 18.5. The molecule has 0 saturated carbocycles. The van der Waals surface area contributed by atoms with Gasteiger partial charge in [0.05, 0.1) is 39.9 Å². The average Bonchev–Trinajstić information content (AvgIpc) is 3.18. The number of aliphatic hydroxyl groups is 1. The lowest BCUT2D eigenvalue weighted by atomic mass is 9.92. The third kappa shape index (κ3) is 7.33.